The topological polar surface area (TPSA) is 41.1 Å². The number of aromatic nitrogens is 2. The van der Waals surface area contributed by atoms with Crippen molar-refractivity contribution < 1.29 is 4.39 Å². The molecule has 4 nitrogen and oxygen atoms in total. The molecule has 0 bridgehead atoms. The molecule has 0 radical (unpaired) electrons. The number of nitrogens with one attached hydrogen (secondary N) is 1. The molecule has 3 rings (SSSR count). The van der Waals surface area contributed by atoms with Crippen molar-refractivity contribution >= 4 is 5.82 Å². The van der Waals surface area contributed by atoms with E-state index in [1.165, 1.54) is 12.1 Å². The van der Waals surface area contributed by atoms with Crippen LogP contribution in [0, 0.1) is 12.7 Å². The maximum Gasteiger partial charge on any atom is 0.151 e. The summed E-state index contributed by atoms with van der Waals surface area (Å²) in [6.45, 7) is 8.73. The molecule has 0 atom stereocenters. The number of hydrogen-bond acceptors (Lipinski definition) is 4. The maximum absolute atomic E-state index is 13.4. The summed E-state index contributed by atoms with van der Waals surface area (Å²) in [6.07, 6.45) is 2.23. The van der Waals surface area contributed by atoms with Gasteiger partial charge in [0.1, 0.15) is 5.82 Å². The molecular formula is C19H25FN4. The zero-order valence-electron chi connectivity index (χ0n) is 14.6. The van der Waals surface area contributed by atoms with Crippen molar-refractivity contribution in [1.29, 1.82) is 0 Å². The Hall–Kier alpha value is -2.01. The highest BCUT2D eigenvalue weighted by Crippen LogP contribution is 2.23. The van der Waals surface area contributed by atoms with Gasteiger partial charge in [-0.1, -0.05) is 12.1 Å². The van der Waals surface area contributed by atoms with Gasteiger partial charge in [0.15, 0.2) is 5.82 Å². The van der Waals surface area contributed by atoms with E-state index in [1.807, 2.05) is 19.1 Å². The number of piperidine rings is 1. The number of hydrogen-bond donors (Lipinski definition) is 1. The predicted octanol–water partition coefficient (Wildman–Crippen LogP) is 3.88. The van der Waals surface area contributed by atoms with E-state index in [4.69, 9.17) is 0 Å². The number of likely N-dealkylation sites (tertiary alicyclic amines) is 1. The smallest absolute Gasteiger partial charge is 0.151 e. The van der Waals surface area contributed by atoms with E-state index < -0.39 is 0 Å². The summed E-state index contributed by atoms with van der Waals surface area (Å²) in [4.78, 5) is 2.50. The van der Waals surface area contributed by atoms with Crippen molar-refractivity contribution in [2.75, 3.05) is 18.4 Å². The molecule has 0 spiro atoms. The first kappa shape index (κ1) is 16.8. The lowest BCUT2D eigenvalue weighted by molar-refractivity contribution is 0.177. The largest absolute Gasteiger partial charge is 0.366 e. The highest BCUT2D eigenvalue weighted by atomic mass is 19.1. The van der Waals surface area contributed by atoms with Gasteiger partial charge in [-0.25, -0.2) is 4.39 Å². The van der Waals surface area contributed by atoms with Crippen LogP contribution in [0.3, 0.4) is 0 Å². The minimum absolute atomic E-state index is 0.258. The number of aryl methyl sites for hydroxylation is 1. The van der Waals surface area contributed by atoms with Gasteiger partial charge < -0.3 is 10.2 Å². The van der Waals surface area contributed by atoms with Crippen LogP contribution >= 0.6 is 0 Å². The molecule has 2 aromatic rings. The summed E-state index contributed by atoms with van der Waals surface area (Å²) >= 11 is 0. The quantitative estimate of drug-likeness (QED) is 0.925. The molecular weight excluding hydrogens is 303 g/mol. The Bertz CT molecular complexity index is 694. The van der Waals surface area contributed by atoms with Crippen LogP contribution in [-0.4, -0.2) is 40.3 Å². The standard InChI is InChI=1S/C19H25FN4/c1-13(2)24-9-7-17(8-10-24)21-19-14(3)11-18(22-23-19)15-5-4-6-16(20)12-15/h4-6,11-13,17H,7-10H2,1-3H3,(H,21,23). The summed E-state index contributed by atoms with van der Waals surface area (Å²) in [5, 5.41) is 12.1. The van der Waals surface area contributed by atoms with Gasteiger partial charge in [-0.3, -0.25) is 0 Å². The van der Waals surface area contributed by atoms with Gasteiger partial charge in [0.05, 0.1) is 5.69 Å². The van der Waals surface area contributed by atoms with Crippen LogP contribution in [0.1, 0.15) is 32.3 Å². The first-order chi connectivity index (χ1) is 11.5. The third-order valence-electron chi connectivity index (χ3n) is 4.71. The fourth-order valence-corrected chi connectivity index (χ4v) is 3.17. The van der Waals surface area contributed by atoms with E-state index in [0.29, 0.717) is 17.8 Å². The third-order valence-corrected chi connectivity index (χ3v) is 4.71. The summed E-state index contributed by atoms with van der Waals surface area (Å²) in [5.41, 5.74) is 2.49. The molecule has 1 aliphatic heterocycles. The lowest BCUT2D eigenvalue weighted by Crippen LogP contribution is -2.42. The minimum atomic E-state index is -0.258. The van der Waals surface area contributed by atoms with Crippen LogP contribution in [-0.2, 0) is 0 Å². The van der Waals surface area contributed by atoms with Crippen LogP contribution in [0.2, 0.25) is 0 Å². The van der Waals surface area contributed by atoms with Crippen molar-refractivity contribution in [2.24, 2.45) is 0 Å². The molecule has 1 aromatic heterocycles. The zero-order chi connectivity index (χ0) is 17.1. The van der Waals surface area contributed by atoms with Crippen LogP contribution in [0.4, 0.5) is 10.2 Å². The summed E-state index contributed by atoms with van der Waals surface area (Å²) in [6, 6.07) is 9.47. The Kier molecular flexibility index (Phi) is 5.09. The number of rotatable bonds is 4. The van der Waals surface area contributed by atoms with Crippen LogP contribution in [0.15, 0.2) is 30.3 Å². The number of halogens is 1. The van der Waals surface area contributed by atoms with Gasteiger partial charge >= 0.3 is 0 Å². The summed E-state index contributed by atoms with van der Waals surface area (Å²) < 4.78 is 13.4. The molecule has 1 N–H and O–H groups in total. The van der Waals surface area contributed by atoms with Crippen LogP contribution in [0.25, 0.3) is 11.3 Å². The van der Waals surface area contributed by atoms with E-state index in [2.05, 4.69) is 34.3 Å². The van der Waals surface area contributed by atoms with E-state index >= 15 is 0 Å². The van der Waals surface area contributed by atoms with E-state index in [1.54, 1.807) is 6.07 Å². The van der Waals surface area contributed by atoms with E-state index in [-0.39, 0.29) is 5.82 Å². The second-order valence-corrected chi connectivity index (χ2v) is 6.82. The minimum Gasteiger partial charge on any atom is -0.366 e. The Morgan fingerprint density at radius 2 is 1.92 bits per heavy atom. The van der Waals surface area contributed by atoms with Crippen molar-refractivity contribution in [3.63, 3.8) is 0 Å². The molecule has 0 unspecified atom stereocenters. The molecule has 128 valence electrons. The van der Waals surface area contributed by atoms with E-state index in [9.17, 15) is 4.39 Å². The van der Waals surface area contributed by atoms with Gasteiger partial charge in [-0.2, -0.15) is 0 Å². The fourth-order valence-electron chi connectivity index (χ4n) is 3.17. The average Bonchev–Trinajstić information content (AvgIpc) is 2.57. The molecule has 0 aliphatic carbocycles. The number of anilines is 1. The maximum atomic E-state index is 13.4. The molecule has 1 aromatic carbocycles. The van der Waals surface area contributed by atoms with Gasteiger partial charge in [0.2, 0.25) is 0 Å². The molecule has 2 heterocycles. The SMILES string of the molecule is Cc1cc(-c2cccc(F)c2)nnc1NC1CCN(C(C)C)CC1. The zero-order valence-corrected chi connectivity index (χ0v) is 14.6. The molecule has 1 fully saturated rings. The normalized spacial score (nSPS) is 16.5. The Morgan fingerprint density at radius 1 is 1.17 bits per heavy atom. The van der Waals surface area contributed by atoms with Gasteiger partial charge in [0, 0.05) is 30.7 Å². The second kappa shape index (κ2) is 7.26. The second-order valence-electron chi connectivity index (χ2n) is 6.82. The summed E-state index contributed by atoms with van der Waals surface area (Å²) in [5.74, 6) is 0.573. The molecule has 1 aliphatic rings. The number of benzene rings is 1. The van der Waals surface area contributed by atoms with Crippen molar-refractivity contribution in [1.82, 2.24) is 15.1 Å². The Morgan fingerprint density at radius 3 is 2.54 bits per heavy atom. The lowest BCUT2D eigenvalue weighted by Gasteiger charge is -2.35. The monoisotopic (exact) mass is 328 g/mol. The van der Waals surface area contributed by atoms with Crippen molar-refractivity contribution in [2.45, 2.75) is 45.7 Å². The van der Waals surface area contributed by atoms with Gasteiger partial charge in [-0.15, -0.1) is 10.2 Å². The third kappa shape index (κ3) is 3.90. The Balaban J connectivity index is 1.68. The van der Waals surface area contributed by atoms with Crippen molar-refractivity contribution in [3.8, 4) is 11.3 Å². The lowest BCUT2D eigenvalue weighted by atomic mass is 10.0. The van der Waals surface area contributed by atoms with Gasteiger partial charge in [-0.05, 0) is 57.4 Å². The predicted molar refractivity (Wildman–Crippen MR) is 95.5 cm³/mol. The van der Waals surface area contributed by atoms with E-state index in [0.717, 1.165) is 42.9 Å². The molecule has 0 saturated carbocycles. The first-order valence-corrected chi connectivity index (χ1v) is 8.64. The Labute approximate surface area is 143 Å². The highest BCUT2D eigenvalue weighted by Gasteiger charge is 2.21. The summed E-state index contributed by atoms with van der Waals surface area (Å²) in [7, 11) is 0. The van der Waals surface area contributed by atoms with Crippen molar-refractivity contribution in [3.05, 3.63) is 41.7 Å². The van der Waals surface area contributed by atoms with Crippen LogP contribution < -0.4 is 5.32 Å². The van der Waals surface area contributed by atoms with Gasteiger partial charge in [0.25, 0.3) is 0 Å². The molecule has 24 heavy (non-hydrogen) atoms. The molecule has 0 amide bonds. The number of nitrogens with zero attached hydrogens (tertiary/aromatic N) is 3. The van der Waals surface area contributed by atoms with Crippen LogP contribution in [0.5, 0.6) is 0 Å². The highest BCUT2D eigenvalue weighted by molar-refractivity contribution is 5.61. The first-order valence-electron chi connectivity index (χ1n) is 8.64. The molecule has 1 saturated heterocycles. The molecule has 5 heteroatoms. The fraction of sp³-hybridized carbons (Fsp3) is 0.474. The average molecular weight is 328 g/mol.